The van der Waals surface area contributed by atoms with Crippen LogP contribution in [-0.2, 0) is 14.8 Å². The number of carbonyl (C=O) groups is 1. The Labute approximate surface area is 189 Å². The first kappa shape index (κ1) is 22.9. The third-order valence-corrected chi connectivity index (χ3v) is 8.78. The molecular formula is C24H30FN3O3S. The highest BCUT2D eigenvalue weighted by Gasteiger charge is 2.48. The molecule has 2 aliphatic rings. The van der Waals surface area contributed by atoms with Gasteiger partial charge in [-0.15, -0.1) is 0 Å². The summed E-state index contributed by atoms with van der Waals surface area (Å²) < 4.78 is 42.2. The molecule has 2 fully saturated rings. The number of benzene rings is 2. The van der Waals surface area contributed by atoms with Gasteiger partial charge in [0, 0.05) is 30.6 Å². The summed E-state index contributed by atoms with van der Waals surface area (Å²) in [5, 5.41) is 2.19. The minimum absolute atomic E-state index is 0.122. The maximum atomic E-state index is 13.4. The summed E-state index contributed by atoms with van der Waals surface area (Å²) >= 11 is 0. The number of sulfonamides is 1. The number of amides is 1. The standard InChI is InChI=1S/C24H30FN3O3S/c1-15-7-8-19(13-16(15)2)22-17(3)23(27-32(22,30)31)28-11-9-18(10-12-28)24(29)26-21-6-4-5-20(25)14-21/h4-8,13-14,17-18,22-23,27H,9-12H2,1-3H3,(H,26,29). The average molecular weight is 460 g/mol. The summed E-state index contributed by atoms with van der Waals surface area (Å²) in [5.74, 6) is -0.820. The Morgan fingerprint density at radius 3 is 2.47 bits per heavy atom. The van der Waals surface area contributed by atoms with Crippen molar-refractivity contribution in [1.82, 2.24) is 9.62 Å². The van der Waals surface area contributed by atoms with Crippen LogP contribution in [0.15, 0.2) is 42.5 Å². The summed E-state index contributed by atoms with van der Waals surface area (Å²) in [6, 6.07) is 11.7. The number of anilines is 1. The third-order valence-electron chi connectivity index (χ3n) is 6.84. The second-order valence-electron chi connectivity index (χ2n) is 9.04. The number of hydrogen-bond acceptors (Lipinski definition) is 4. The maximum Gasteiger partial charge on any atom is 0.227 e. The fourth-order valence-corrected chi connectivity index (χ4v) is 6.94. The Bertz CT molecular complexity index is 1110. The van der Waals surface area contributed by atoms with Crippen molar-refractivity contribution in [2.75, 3.05) is 18.4 Å². The molecule has 2 aromatic rings. The molecule has 3 unspecified atom stereocenters. The van der Waals surface area contributed by atoms with Crippen LogP contribution in [0.2, 0.25) is 0 Å². The van der Waals surface area contributed by atoms with E-state index in [1.54, 1.807) is 12.1 Å². The minimum Gasteiger partial charge on any atom is -0.326 e. The highest BCUT2D eigenvalue weighted by atomic mass is 32.2. The third kappa shape index (κ3) is 4.58. The molecule has 2 aliphatic heterocycles. The zero-order valence-electron chi connectivity index (χ0n) is 18.6. The molecule has 8 heteroatoms. The molecule has 0 aromatic heterocycles. The van der Waals surface area contributed by atoms with E-state index >= 15 is 0 Å². The fourth-order valence-electron chi connectivity index (χ4n) is 4.88. The van der Waals surface area contributed by atoms with Gasteiger partial charge in [0.15, 0.2) is 0 Å². The largest absolute Gasteiger partial charge is 0.326 e. The summed E-state index contributed by atoms with van der Waals surface area (Å²) in [6.45, 7) is 7.23. The molecule has 0 radical (unpaired) electrons. The number of rotatable bonds is 4. The van der Waals surface area contributed by atoms with E-state index < -0.39 is 21.1 Å². The summed E-state index contributed by atoms with van der Waals surface area (Å²) in [6.07, 6.45) is 0.958. The second-order valence-corrected chi connectivity index (χ2v) is 10.9. The van der Waals surface area contributed by atoms with Crippen molar-refractivity contribution in [3.05, 3.63) is 65.0 Å². The predicted octanol–water partition coefficient (Wildman–Crippen LogP) is 3.73. The van der Waals surface area contributed by atoms with Gasteiger partial charge in [0.2, 0.25) is 15.9 Å². The van der Waals surface area contributed by atoms with Gasteiger partial charge in [0.25, 0.3) is 0 Å². The summed E-state index contributed by atoms with van der Waals surface area (Å²) in [4.78, 5) is 14.7. The fraction of sp³-hybridized carbons (Fsp3) is 0.458. The predicted molar refractivity (Wildman–Crippen MR) is 123 cm³/mol. The van der Waals surface area contributed by atoms with Gasteiger partial charge in [0.05, 0.1) is 6.17 Å². The zero-order valence-corrected chi connectivity index (χ0v) is 19.5. The van der Waals surface area contributed by atoms with Crippen LogP contribution in [0.1, 0.15) is 41.7 Å². The number of halogens is 1. The van der Waals surface area contributed by atoms with Crippen LogP contribution in [0.4, 0.5) is 10.1 Å². The number of nitrogens with zero attached hydrogens (tertiary/aromatic N) is 1. The Kier molecular flexibility index (Phi) is 6.38. The van der Waals surface area contributed by atoms with Crippen LogP contribution >= 0.6 is 0 Å². The first-order valence-electron chi connectivity index (χ1n) is 11.0. The maximum absolute atomic E-state index is 13.4. The van der Waals surface area contributed by atoms with E-state index in [1.807, 2.05) is 39.0 Å². The Morgan fingerprint density at radius 2 is 1.81 bits per heavy atom. The molecule has 3 atom stereocenters. The molecule has 1 amide bonds. The molecule has 32 heavy (non-hydrogen) atoms. The molecule has 2 aromatic carbocycles. The first-order valence-corrected chi connectivity index (χ1v) is 12.6. The van der Waals surface area contributed by atoms with Gasteiger partial charge in [-0.05, 0) is 61.6 Å². The number of carbonyl (C=O) groups excluding carboxylic acids is 1. The molecule has 6 nitrogen and oxygen atoms in total. The van der Waals surface area contributed by atoms with Crippen molar-refractivity contribution in [3.8, 4) is 0 Å². The van der Waals surface area contributed by atoms with Crippen molar-refractivity contribution in [3.63, 3.8) is 0 Å². The number of piperidine rings is 1. The monoisotopic (exact) mass is 459 g/mol. The van der Waals surface area contributed by atoms with Crippen LogP contribution in [0.25, 0.3) is 0 Å². The van der Waals surface area contributed by atoms with Crippen LogP contribution in [0, 0.1) is 31.5 Å². The van der Waals surface area contributed by atoms with E-state index in [2.05, 4.69) is 14.9 Å². The summed E-state index contributed by atoms with van der Waals surface area (Å²) in [5.41, 5.74) is 3.49. The molecule has 4 rings (SSSR count). The van der Waals surface area contributed by atoms with Crippen molar-refractivity contribution in [1.29, 1.82) is 0 Å². The van der Waals surface area contributed by atoms with Gasteiger partial charge in [-0.1, -0.05) is 31.2 Å². The van der Waals surface area contributed by atoms with E-state index in [-0.39, 0.29) is 23.9 Å². The lowest BCUT2D eigenvalue weighted by atomic mass is 9.91. The van der Waals surface area contributed by atoms with Crippen molar-refractivity contribution in [2.24, 2.45) is 11.8 Å². The van der Waals surface area contributed by atoms with Crippen LogP contribution < -0.4 is 10.0 Å². The molecule has 2 saturated heterocycles. The Morgan fingerprint density at radius 1 is 1.09 bits per heavy atom. The summed E-state index contributed by atoms with van der Waals surface area (Å²) in [7, 11) is -3.50. The van der Waals surface area contributed by atoms with E-state index in [4.69, 9.17) is 0 Å². The first-order chi connectivity index (χ1) is 15.2. The van der Waals surface area contributed by atoms with Crippen molar-refractivity contribution >= 4 is 21.6 Å². The lowest BCUT2D eigenvalue weighted by Gasteiger charge is -2.36. The van der Waals surface area contributed by atoms with Gasteiger partial charge >= 0.3 is 0 Å². The molecule has 2 heterocycles. The Hall–Kier alpha value is -2.29. The Balaban J connectivity index is 1.41. The SMILES string of the molecule is Cc1ccc(C2C(C)C(N3CCC(C(=O)Nc4cccc(F)c4)CC3)NS2(=O)=O)cc1C. The number of aryl methyl sites for hydroxylation is 2. The molecule has 0 saturated carbocycles. The lowest BCUT2D eigenvalue weighted by molar-refractivity contribution is -0.121. The van der Waals surface area contributed by atoms with E-state index in [0.29, 0.717) is 31.6 Å². The van der Waals surface area contributed by atoms with Gasteiger partial charge in [-0.2, -0.15) is 4.72 Å². The second kappa shape index (κ2) is 8.92. The van der Waals surface area contributed by atoms with Gasteiger partial charge in [-0.25, -0.2) is 12.8 Å². The minimum atomic E-state index is -3.50. The molecule has 172 valence electrons. The highest BCUT2D eigenvalue weighted by Crippen LogP contribution is 2.40. The van der Waals surface area contributed by atoms with E-state index in [0.717, 1.165) is 16.7 Å². The van der Waals surface area contributed by atoms with E-state index in [9.17, 15) is 17.6 Å². The van der Waals surface area contributed by atoms with Crippen LogP contribution in [-0.4, -0.2) is 38.5 Å². The normalized spacial score (nSPS) is 26.2. The average Bonchev–Trinajstić information content (AvgIpc) is 2.99. The highest BCUT2D eigenvalue weighted by molar-refractivity contribution is 7.90. The number of nitrogens with one attached hydrogen (secondary N) is 2. The number of hydrogen-bond donors (Lipinski definition) is 2. The van der Waals surface area contributed by atoms with Crippen molar-refractivity contribution in [2.45, 2.75) is 45.0 Å². The van der Waals surface area contributed by atoms with Gasteiger partial charge in [-0.3, -0.25) is 9.69 Å². The molecular weight excluding hydrogens is 429 g/mol. The topological polar surface area (TPSA) is 78.5 Å². The van der Waals surface area contributed by atoms with Crippen LogP contribution in [0.5, 0.6) is 0 Å². The van der Waals surface area contributed by atoms with Crippen molar-refractivity contribution < 1.29 is 17.6 Å². The van der Waals surface area contributed by atoms with Gasteiger partial charge in [0.1, 0.15) is 11.1 Å². The van der Waals surface area contributed by atoms with Gasteiger partial charge < -0.3 is 5.32 Å². The molecule has 0 spiro atoms. The smallest absolute Gasteiger partial charge is 0.227 e. The molecule has 2 N–H and O–H groups in total. The zero-order chi connectivity index (χ0) is 23.0. The molecule has 0 aliphatic carbocycles. The van der Waals surface area contributed by atoms with Crippen LogP contribution in [0.3, 0.4) is 0 Å². The number of likely N-dealkylation sites (tertiary alicyclic amines) is 1. The lowest BCUT2D eigenvalue weighted by Crippen LogP contribution is -2.50. The quantitative estimate of drug-likeness (QED) is 0.730. The van der Waals surface area contributed by atoms with E-state index in [1.165, 1.54) is 12.1 Å². The molecule has 0 bridgehead atoms.